The maximum atomic E-state index is 11.0. The fourth-order valence-corrected chi connectivity index (χ4v) is 1.35. The minimum atomic E-state index is -4.82. The fourth-order valence-electron chi connectivity index (χ4n) is 0.696. The second kappa shape index (κ2) is 11.4. The molecule has 0 aliphatic heterocycles. The number of esters is 1. The second-order valence-corrected chi connectivity index (χ2v) is 4.10. The van der Waals surface area contributed by atoms with Crippen LogP contribution in [0.3, 0.4) is 0 Å². The van der Waals surface area contributed by atoms with E-state index in [2.05, 4.69) is 24.5 Å². The van der Waals surface area contributed by atoms with Gasteiger partial charge in [0.1, 0.15) is 6.61 Å². The van der Waals surface area contributed by atoms with Crippen LogP contribution in [0.5, 0.6) is 0 Å². The molecule has 0 rings (SSSR count). The molecule has 1 atom stereocenters. The van der Waals surface area contributed by atoms with Gasteiger partial charge in [-0.2, -0.15) is 8.42 Å². The van der Waals surface area contributed by atoms with Gasteiger partial charge in [0.05, 0.1) is 0 Å². The van der Waals surface area contributed by atoms with E-state index < -0.39 is 33.7 Å². The Morgan fingerprint density at radius 3 is 2.11 bits per heavy atom. The van der Waals surface area contributed by atoms with Gasteiger partial charge in [-0.3, -0.25) is 9.35 Å². The Hall–Kier alpha value is -0.670. The molecule has 9 heteroatoms. The van der Waals surface area contributed by atoms with Gasteiger partial charge in [0.2, 0.25) is 0 Å². The predicted octanol–water partition coefficient (Wildman–Crippen LogP) is -4.08. The van der Waals surface area contributed by atoms with Crippen molar-refractivity contribution in [3.8, 4) is 0 Å². The number of hydrogen-bond acceptors (Lipinski definition) is 6. The summed E-state index contributed by atoms with van der Waals surface area (Å²) in [5, 5.41) is 7.96. The van der Waals surface area contributed by atoms with Crippen molar-refractivity contribution in [2.24, 2.45) is 0 Å². The quantitative estimate of drug-likeness (QED) is 0.228. The molecule has 0 amide bonds. The van der Waals surface area contributed by atoms with Gasteiger partial charge in [0.25, 0.3) is 10.1 Å². The Bertz CT molecular complexity index is 376. The SMILES string of the molecule is C=C.C=CCOC(=O)C(CC(=O)[O-])S(=O)(=O)O.[Na+]. The maximum Gasteiger partial charge on any atom is 1.00 e. The van der Waals surface area contributed by atoms with E-state index in [1.54, 1.807) is 0 Å². The first kappa shape index (κ1) is 22.5. The van der Waals surface area contributed by atoms with Crippen LogP contribution < -0.4 is 34.7 Å². The van der Waals surface area contributed by atoms with E-state index in [0.717, 1.165) is 6.08 Å². The first-order chi connectivity index (χ1) is 7.79. The first-order valence-corrected chi connectivity index (χ1v) is 5.73. The van der Waals surface area contributed by atoms with E-state index >= 15 is 0 Å². The molecular formula is C9H13NaO7S. The van der Waals surface area contributed by atoms with Crippen molar-refractivity contribution < 1.29 is 62.0 Å². The van der Waals surface area contributed by atoms with Gasteiger partial charge < -0.3 is 14.6 Å². The number of ether oxygens (including phenoxy) is 1. The molecule has 0 heterocycles. The molecule has 0 aromatic carbocycles. The Kier molecular flexibility index (Phi) is 14.3. The standard InChI is InChI=1S/C7H10O7S.C2H4.Na/c1-2-3-14-7(10)5(4-6(8)9)15(11,12)13;1-2;/h2,5H,1,3-4H2,(H,8,9)(H,11,12,13);1-2H2;/q;;+1/p-1. The smallest absolute Gasteiger partial charge is 0.550 e. The number of carbonyl (C=O) groups is 2. The average molecular weight is 288 g/mol. The molecule has 18 heavy (non-hydrogen) atoms. The summed E-state index contributed by atoms with van der Waals surface area (Å²) >= 11 is 0. The van der Waals surface area contributed by atoms with Crippen LogP contribution in [0.15, 0.2) is 25.8 Å². The monoisotopic (exact) mass is 288 g/mol. The molecular weight excluding hydrogens is 275 g/mol. The Morgan fingerprint density at radius 2 is 1.83 bits per heavy atom. The number of hydrogen-bond donors (Lipinski definition) is 1. The van der Waals surface area contributed by atoms with E-state index in [9.17, 15) is 23.1 Å². The number of aliphatic carboxylic acids is 1. The van der Waals surface area contributed by atoms with Crippen LogP contribution in [-0.4, -0.2) is 36.8 Å². The van der Waals surface area contributed by atoms with E-state index in [1.807, 2.05) is 0 Å². The predicted molar refractivity (Wildman–Crippen MR) is 57.4 cm³/mol. The summed E-state index contributed by atoms with van der Waals surface area (Å²) in [4.78, 5) is 21.1. The largest absolute Gasteiger partial charge is 1.00 e. The molecule has 1 unspecified atom stereocenters. The van der Waals surface area contributed by atoms with Crippen molar-refractivity contribution in [1.82, 2.24) is 0 Å². The third-order valence-corrected chi connectivity index (χ3v) is 2.40. The number of carbonyl (C=O) groups excluding carboxylic acids is 2. The van der Waals surface area contributed by atoms with Gasteiger partial charge in [-0.15, -0.1) is 13.2 Å². The Morgan fingerprint density at radius 1 is 1.39 bits per heavy atom. The van der Waals surface area contributed by atoms with Crippen LogP contribution in [0.4, 0.5) is 0 Å². The maximum absolute atomic E-state index is 11.0. The van der Waals surface area contributed by atoms with Crippen molar-refractivity contribution in [3.05, 3.63) is 25.8 Å². The third kappa shape index (κ3) is 10.5. The topological polar surface area (TPSA) is 121 Å². The van der Waals surface area contributed by atoms with Gasteiger partial charge in [-0.25, -0.2) is 0 Å². The van der Waals surface area contributed by atoms with Crippen LogP contribution in [0.2, 0.25) is 0 Å². The van der Waals surface area contributed by atoms with Gasteiger partial charge >= 0.3 is 35.5 Å². The summed E-state index contributed by atoms with van der Waals surface area (Å²) in [7, 11) is -4.82. The van der Waals surface area contributed by atoms with Gasteiger partial charge in [0, 0.05) is 12.4 Å². The van der Waals surface area contributed by atoms with Crippen LogP contribution >= 0.6 is 0 Å². The third-order valence-electron chi connectivity index (χ3n) is 1.32. The van der Waals surface area contributed by atoms with Gasteiger partial charge in [-0.1, -0.05) is 12.7 Å². The second-order valence-electron chi connectivity index (χ2n) is 2.50. The van der Waals surface area contributed by atoms with E-state index in [0.29, 0.717) is 0 Å². The molecule has 98 valence electrons. The normalized spacial score (nSPS) is 10.9. The summed E-state index contributed by atoms with van der Waals surface area (Å²) in [5.41, 5.74) is 0. The van der Waals surface area contributed by atoms with Gasteiger partial charge in [-0.05, 0) is 0 Å². The molecule has 0 spiro atoms. The van der Waals surface area contributed by atoms with Crippen molar-refractivity contribution in [2.75, 3.05) is 6.61 Å². The van der Waals surface area contributed by atoms with Crippen molar-refractivity contribution >= 4 is 22.1 Å². The van der Waals surface area contributed by atoms with E-state index in [-0.39, 0.29) is 36.2 Å². The summed E-state index contributed by atoms with van der Waals surface area (Å²) in [6, 6.07) is 0. The zero-order valence-corrected chi connectivity index (χ0v) is 12.8. The average Bonchev–Trinajstić information content (AvgIpc) is 2.23. The molecule has 0 aromatic heterocycles. The molecule has 0 radical (unpaired) electrons. The molecule has 0 aromatic rings. The van der Waals surface area contributed by atoms with Crippen LogP contribution in [-0.2, 0) is 24.4 Å². The Labute approximate surface area is 128 Å². The van der Waals surface area contributed by atoms with Crippen LogP contribution in [0.25, 0.3) is 0 Å². The molecule has 0 aliphatic rings. The minimum absolute atomic E-state index is 0. The van der Waals surface area contributed by atoms with E-state index in [4.69, 9.17) is 4.55 Å². The van der Waals surface area contributed by atoms with E-state index in [1.165, 1.54) is 0 Å². The number of carboxylic acid groups (broad SMARTS) is 1. The zero-order valence-electron chi connectivity index (χ0n) is 10.00. The van der Waals surface area contributed by atoms with Crippen molar-refractivity contribution in [1.29, 1.82) is 0 Å². The number of carboxylic acids is 1. The molecule has 0 saturated carbocycles. The number of rotatable bonds is 6. The molecule has 0 saturated heterocycles. The van der Waals surface area contributed by atoms with Crippen molar-refractivity contribution in [2.45, 2.75) is 11.7 Å². The summed E-state index contributed by atoms with van der Waals surface area (Å²) < 4.78 is 34.1. The van der Waals surface area contributed by atoms with Gasteiger partial charge in [0.15, 0.2) is 5.25 Å². The summed E-state index contributed by atoms with van der Waals surface area (Å²) in [5.74, 6) is -3.14. The first-order valence-electron chi connectivity index (χ1n) is 4.22. The fraction of sp³-hybridized carbons (Fsp3) is 0.333. The van der Waals surface area contributed by atoms with Crippen molar-refractivity contribution in [3.63, 3.8) is 0 Å². The molecule has 0 bridgehead atoms. The minimum Gasteiger partial charge on any atom is -0.550 e. The van der Waals surface area contributed by atoms with Crippen LogP contribution in [0, 0.1) is 0 Å². The molecule has 0 aliphatic carbocycles. The summed E-state index contributed by atoms with van der Waals surface area (Å²) in [6.07, 6.45) is 0.00673. The Balaban J connectivity index is -0.000000709. The molecule has 7 nitrogen and oxygen atoms in total. The zero-order chi connectivity index (χ0) is 14.1. The molecule has 0 fully saturated rings. The molecule has 1 N–H and O–H groups in total. The summed E-state index contributed by atoms with van der Waals surface area (Å²) in [6.45, 7) is 8.92. The van der Waals surface area contributed by atoms with Crippen LogP contribution in [0.1, 0.15) is 6.42 Å².